The van der Waals surface area contributed by atoms with Gasteiger partial charge in [-0.3, -0.25) is 9.78 Å². The standard InChI is InChI=1S/C26H31N5OS/c1-3-23-16-24(31-14-5-4-7-19(31)2)30-26(29-23)33-18-21-8-6-9-22(15-21)25(32)28-17-20-10-12-27-13-11-20/h6,8-13,15-16,19H,3-5,7,14,17-18H2,1-2H3,(H,28,32). The molecule has 1 unspecified atom stereocenters. The molecular formula is C26H31N5OS. The van der Waals surface area contributed by atoms with E-state index in [0.29, 0.717) is 23.9 Å². The van der Waals surface area contributed by atoms with Gasteiger partial charge in [-0.1, -0.05) is 30.8 Å². The topological polar surface area (TPSA) is 71.0 Å². The second kappa shape index (κ2) is 11.3. The van der Waals surface area contributed by atoms with Crippen molar-refractivity contribution in [3.63, 3.8) is 0 Å². The average Bonchev–Trinajstić information content (AvgIpc) is 2.87. The molecule has 1 aromatic carbocycles. The first kappa shape index (κ1) is 23.2. The first-order valence-electron chi connectivity index (χ1n) is 11.7. The lowest BCUT2D eigenvalue weighted by molar-refractivity contribution is 0.0951. The summed E-state index contributed by atoms with van der Waals surface area (Å²) in [5.74, 6) is 1.68. The maximum absolute atomic E-state index is 12.6. The Labute approximate surface area is 200 Å². The van der Waals surface area contributed by atoms with E-state index >= 15 is 0 Å². The van der Waals surface area contributed by atoms with E-state index in [1.54, 1.807) is 24.2 Å². The largest absolute Gasteiger partial charge is 0.354 e. The third-order valence-electron chi connectivity index (χ3n) is 5.96. The van der Waals surface area contributed by atoms with E-state index in [-0.39, 0.29) is 5.91 Å². The first-order chi connectivity index (χ1) is 16.1. The SMILES string of the molecule is CCc1cc(N2CCCCC2C)nc(SCc2cccc(C(=O)NCc3ccncc3)c2)n1. The lowest BCUT2D eigenvalue weighted by Gasteiger charge is -2.34. The highest BCUT2D eigenvalue weighted by Crippen LogP contribution is 2.27. The maximum Gasteiger partial charge on any atom is 0.251 e. The number of nitrogens with one attached hydrogen (secondary N) is 1. The molecule has 0 aliphatic carbocycles. The number of amides is 1. The third kappa shape index (κ3) is 6.32. The number of carbonyl (C=O) groups is 1. The highest BCUT2D eigenvalue weighted by Gasteiger charge is 2.21. The number of pyridine rings is 1. The zero-order valence-electron chi connectivity index (χ0n) is 19.3. The lowest BCUT2D eigenvalue weighted by atomic mass is 10.0. The Bertz CT molecular complexity index is 1080. The Morgan fingerprint density at radius 3 is 2.76 bits per heavy atom. The van der Waals surface area contributed by atoms with E-state index in [2.05, 4.69) is 35.1 Å². The Balaban J connectivity index is 1.41. The lowest BCUT2D eigenvalue weighted by Crippen LogP contribution is -2.38. The molecule has 1 fully saturated rings. The molecule has 0 spiro atoms. The van der Waals surface area contributed by atoms with Crippen LogP contribution in [0.5, 0.6) is 0 Å². The molecule has 1 amide bonds. The molecule has 1 N–H and O–H groups in total. The molecule has 1 saturated heterocycles. The van der Waals surface area contributed by atoms with Gasteiger partial charge in [-0.2, -0.15) is 0 Å². The minimum Gasteiger partial charge on any atom is -0.354 e. The fourth-order valence-electron chi connectivity index (χ4n) is 4.03. The van der Waals surface area contributed by atoms with Crippen LogP contribution in [0, 0.1) is 0 Å². The number of aromatic nitrogens is 3. The Morgan fingerprint density at radius 1 is 1.12 bits per heavy atom. The van der Waals surface area contributed by atoms with Crippen molar-refractivity contribution in [2.45, 2.75) is 63.0 Å². The molecule has 172 valence electrons. The second-order valence-electron chi connectivity index (χ2n) is 8.42. The number of benzene rings is 1. The summed E-state index contributed by atoms with van der Waals surface area (Å²) in [7, 11) is 0. The molecule has 1 aliphatic rings. The van der Waals surface area contributed by atoms with Crippen molar-refractivity contribution in [2.75, 3.05) is 11.4 Å². The zero-order valence-corrected chi connectivity index (χ0v) is 20.1. The fourth-order valence-corrected chi connectivity index (χ4v) is 4.84. The number of thioether (sulfide) groups is 1. The van der Waals surface area contributed by atoms with E-state index in [1.807, 2.05) is 36.4 Å². The van der Waals surface area contributed by atoms with Gasteiger partial charge in [0.05, 0.1) is 0 Å². The van der Waals surface area contributed by atoms with Crippen LogP contribution in [-0.2, 0) is 18.7 Å². The van der Waals surface area contributed by atoms with Gasteiger partial charge >= 0.3 is 0 Å². The predicted molar refractivity (Wildman–Crippen MR) is 133 cm³/mol. The first-order valence-corrected chi connectivity index (χ1v) is 12.6. The molecule has 1 atom stereocenters. The average molecular weight is 462 g/mol. The van der Waals surface area contributed by atoms with Crippen LogP contribution in [0.15, 0.2) is 60.0 Å². The highest BCUT2D eigenvalue weighted by molar-refractivity contribution is 7.98. The van der Waals surface area contributed by atoms with Crippen LogP contribution in [0.25, 0.3) is 0 Å². The second-order valence-corrected chi connectivity index (χ2v) is 9.36. The summed E-state index contributed by atoms with van der Waals surface area (Å²) in [5, 5.41) is 3.78. The van der Waals surface area contributed by atoms with Crippen molar-refractivity contribution in [3.05, 3.63) is 77.2 Å². The van der Waals surface area contributed by atoms with Gasteiger partial charge in [-0.05, 0) is 68.0 Å². The summed E-state index contributed by atoms with van der Waals surface area (Å²) < 4.78 is 0. The van der Waals surface area contributed by atoms with Crippen LogP contribution in [0.2, 0.25) is 0 Å². The van der Waals surface area contributed by atoms with Crippen LogP contribution in [-0.4, -0.2) is 33.4 Å². The molecule has 7 heteroatoms. The summed E-state index contributed by atoms with van der Waals surface area (Å²) in [4.78, 5) is 28.7. The minimum atomic E-state index is -0.0794. The smallest absolute Gasteiger partial charge is 0.251 e. The van der Waals surface area contributed by atoms with Gasteiger partial charge in [-0.25, -0.2) is 9.97 Å². The fraction of sp³-hybridized carbons (Fsp3) is 0.385. The maximum atomic E-state index is 12.6. The van der Waals surface area contributed by atoms with Crippen molar-refractivity contribution < 1.29 is 4.79 Å². The molecule has 4 rings (SSSR count). The van der Waals surface area contributed by atoms with Gasteiger partial charge < -0.3 is 10.2 Å². The van der Waals surface area contributed by atoms with Gasteiger partial charge in [0.2, 0.25) is 0 Å². The molecule has 0 radical (unpaired) electrons. The van der Waals surface area contributed by atoms with E-state index in [4.69, 9.17) is 9.97 Å². The normalized spacial score (nSPS) is 15.9. The molecule has 33 heavy (non-hydrogen) atoms. The van der Waals surface area contributed by atoms with Crippen LogP contribution >= 0.6 is 11.8 Å². The monoisotopic (exact) mass is 461 g/mol. The summed E-state index contributed by atoms with van der Waals surface area (Å²) in [6.45, 7) is 5.96. The number of anilines is 1. The molecule has 2 aromatic heterocycles. The van der Waals surface area contributed by atoms with Gasteiger partial charge in [0.1, 0.15) is 5.82 Å². The Hall–Kier alpha value is -2.93. The van der Waals surface area contributed by atoms with Crippen molar-refractivity contribution in [2.24, 2.45) is 0 Å². The minimum absolute atomic E-state index is 0.0794. The van der Waals surface area contributed by atoms with Gasteiger partial charge in [0, 0.05) is 54.6 Å². The molecule has 6 nitrogen and oxygen atoms in total. The van der Waals surface area contributed by atoms with Crippen molar-refractivity contribution in [3.8, 4) is 0 Å². The summed E-state index contributed by atoms with van der Waals surface area (Å²) in [5.41, 5.74) is 3.84. The van der Waals surface area contributed by atoms with Crippen LogP contribution < -0.4 is 10.2 Å². The number of aryl methyl sites for hydroxylation is 1. The number of rotatable bonds is 8. The molecule has 3 heterocycles. The summed E-state index contributed by atoms with van der Waals surface area (Å²) in [6.07, 6.45) is 8.06. The Kier molecular flexibility index (Phi) is 7.94. The van der Waals surface area contributed by atoms with E-state index in [0.717, 1.165) is 40.8 Å². The number of carbonyl (C=O) groups excluding carboxylic acids is 1. The number of nitrogens with zero attached hydrogens (tertiary/aromatic N) is 4. The van der Waals surface area contributed by atoms with Crippen molar-refractivity contribution >= 4 is 23.5 Å². The van der Waals surface area contributed by atoms with E-state index < -0.39 is 0 Å². The summed E-state index contributed by atoms with van der Waals surface area (Å²) in [6, 6.07) is 14.2. The van der Waals surface area contributed by atoms with Crippen LogP contribution in [0.1, 0.15) is 60.3 Å². The third-order valence-corrected chi connectivity index (χ3v) is 6.88. The van der Waals surface area contributed by atoms with Crippen molar-refractivity contribution in [1.82, 2.24) is 20.3 Å². The van der Waals surface area contributed by atoms with Crippen molar-refractivity contribution in [1.29, 1.82) is 0 Å². The van der Waals surface area contributed by atoms with Crippen LogP contribution in [0.4, 0.5) is 5.82 Å². The molecule has 1 aliphatic heterocycles. The Morgan fingerprint density at radius 2 is 1.97 bits per heavy atom. The molecule has 0 saturated carbocycles. The highest BCUT2D eigenvalue weighted by atomic mass is 32.2. The van der Waals surface area contributed by atoms with Crippen LogP contribution in [0.3, 0.4) is 0 Å². The summed E-state index contributed by atoms with van der Waals surface area (Å²) >= 11 is 1.63. The molecule has 0 bridgehead atoms. The number of piperidine rings is 1. The van der Waals surface area contributed by atoms with E-state index in [9.17, 15) is 4.79 Å². The van der Waals surface area contributed by atoms with Gasteiger partial charge in [0.15, 0.2) is 5.16 Å². The molecule has 3 aromatic rings. The number of hydrogen-bond acceptors (Lipinski definition) is 6. The predicted octanol–water partition coefficient (Wildman–Crippen LogP) is 5.04. The van der Waals surface area contributed by atoms with E-state index in [1.165, 1.54) is 19.3 Å². The zero-order chi connectivity index (χ0) is 23.0. The van der Waals surface area contributed by atoms with Gasteiger partial charge in [0.25, 0.3) is 5.91 Å². The quantitative estimate of drug-likeness (QED) is 0.375. The van der Waals surface area contributed by atoms with Gasteiger partial charge in [-0.15, -0.1) is 0 Å². The number of hydrogen-bond donors (Lipinski definition) is 1. The molecular weight excluding hydrogens is 430 g/mol.